The molecular weight excluding hydrogens is 351 g/mol. The van der Waals surface area contributed by atoms with Gasteiger partial charge in [-0.05, 0) is 62.5 Å². The zero-order valence-corrected chi connectivity index (χ0v) is 14.8. The number of halogens is 2. The molecule has 0 heterocycles. The number of rotatable bonds is 4. The first-order valence-electron chi connectivity index (χ1n) is 7.99. The SMILES string of the molecule is O=C(N/N=C/C1=C(Cl)CCCC1)C(=O)N/N=C/C1=C(Cl)CCCC1. The van der Waals surface area contributed by atoms with Crippen LogP contribution in [0.15, 0.2) is 31.4 Å². The van der Waals surface area contributed by atoms with Crippen molar-refractivity contribution in [3.8, 4) is 0 Å². The number of hydrazone groups is 2. The first kappa shape index (κ1) is 18.7. The van der Waals surface area contributed by atoms with Gasteiger partial charge in [-0.3, -0.25) is 9.59 Å². The number of carbonyl (C=O) groups excluding carboxylic acids is 2. The Kier molecular flexibility index (Phi) is 7.46. The number of hydrogen-bond donors (Lipinski definition) is 2. The van der Waals surface area contributed by atoms with Crippen molar-refractivity contribution in [2.24, 2.45) is 10.2 Å². The zero-order valence-electron chi connectivity index (χ0n) is 13.3. The lowest BCUT2D eigenvalue weighted by Gasteiger charge is -2.12. The summed E-state index contributed by atoms with van der Waals surface area (Å²) in [7, 11) is 0. The molecule has 2 N–H and O–H groups in total. The number of amides is 2. The molecule has 2 rings (SSSR count). The number of carbonyl (C=O) groups is 2. The second-order valence-corrected chi connectivity index (χ2v) is 6.59. The first-order chi connectivity index (χ1) is 11.6. The highest BCUT2D eigenvalue weighted by Gasteiger charge is 2.13. The summed E-state index contributed by atoms with van der Waals surface area (Å²) in [5, 5.41) is 9.04. The lowest BCUT2D eigenvalue weighted by molar-refractivity contribution is -0.139. The van der Waals surface area contributed by atoms with E-state index < -0.39 is 11.8 Å². The minimum atomic E-state index is -0.889. The van der Waals surface area contributed by atoms with Gasteiger partial charge in [0.1, 0.15) is 0 Å². The van der Waals surface area contributed by atoms with Crippen LogP contribution in [0.3, 0.4) is 0 Å². The van der Waals surface area contributed by atoms with Gasteiger partial charge in [0.25, 0.3) is 0 Å². The van der Waals surface area contributed by atoms with E-state index >= 15 is 0 Å². The van der Waals surface area contributed by atoms with Crippen LogP contribution in [0, 0.1) is 0 Å². The third kappa shape index (κ3) is 5.76. The maximum Gasteiger partial charge on any atom is 0.331 e. The van der Waals surface area contributed by atoms with Gasteiger partial charge in [0.2, 0.25) is 0 Å². The highest BCUT2D eigenvalue weighted by molar-refractivity contribution is 6.35. The van der Waals surface area contributed by atoms with Crippen LogP contribution < -0.4 is 10.9 Å². The van der Waals surface area contributed by atoms with E-state index in [1.165, 1.54) is 12.4 Å². The summed E-state index contributed by atoms with van der Waals surface area (Å²) in [6.07, 6.45) is 10.5. The first-order valence-corrected chi connectivity index (χ1v) is 8.75. The van der Waals surface area contributed by atoms with Crippen LogP contribution in [0.1, 0.15) is 51.4 Å². The van der Waals surface area contributed by atoms with Crippen LogP contribution in [0.25, 0.3) is 0 Å². The number of allylic oxidation sites excluding steroid dienone is 4. The average molecular weight is 371 g/mol. The van der Waals surface area contributed by atoms with E-state index in [9.17, 15) is 9.59 Å². The molecule has 2 aliphatic rings. The van der Waals surface area contributed by atoms with Crippen LogP contribution in [0.2, 0.25) is 0 Å². The molecule has 0 fully saturated rings. The smallest absolute Gasteiger partial charge is 0.262 e. The van der Waals surface area contributed by atoms with Crippen LogP contribution >= 0.6 is 23.2 Å². The summed E-state index contributed by atoms with van der Waals surface area (Å²) >= 11 is 12.2. The van der Waals surface area contributed by atoms with Crippen LogP contribution in [0.5, 0.6) is 0 Å². The molecule has 24 heavy (non-hydrogen) atoms. The third-order valence-electron chi connectivity index (χ3n) is 3.86. The van der Waals surface area contributed by atoms with Crippen LogP contribution in [-0.4, -0.2) is 24.2 Å². The quantitative estimate of drug-likeness (QED) is 0.451. The van der Waals surface area contributed by atoms with E-state index in [0.717, 1.165) is 72.6 Å². The molecule has 0 aromatic carbocycles. The predicted octanol–water partition coefficient (Wildman–Crippen LogP) is 3.32. The monoisotopic (exact) mass is 370 g/mol. The van der Waals surface area contributed by atoms with E-state index in [1.807, 2.05) is 0 Å². The maximum absolute atomic E-state index is 11.6. The minimum absolute atomic E-state index is 0.755. The fourth-order valence-corrected chi connectivity index (χ4v) is 3.05. The molecule has 0 aliphatic heterocycles. The lowest BCUT2D eigenvalue weighted by Crippen LogP contribution is -2.35. The highest BCUT2D eigenvalue weighted by Crippen LogP contribution is 2.26. The van der Waals surface area contributed by atoms with E-state index in [-0.39, 0.29) is 0 Å². The fraction of sp³-hybridized carbons (Fsp3) is 0.500. The molecule has 130 valence electrons. The summed E-state index contributed by atoms with van der Waals surface area (Å²) in [6.45, 7) is 0. The van der Waals surface area contributed by atoms with Crippen LogP contribution in [0.4, 0.5) is 0 Å². The molecule has 0 saturated heterocycles. The molecule has 0 bridgehead atoms. The molecule has 0 spiro atoms. The molecule has 0 unspecified atom stereocenters. The molecule has 0 radical (unpaired) electrons. The van der Waals surface area contributed by atoms with Gasteiger partial charge < -0.3 is 0 Å². The van der Waals surface area contributed by atoms with E-state index in [4.69, 9.17) is 23.2 Å². The normalized spacial score (nSPS) is 19.2. The van der Waals surface area contributed by atoms with Gasteiger partial charge in [-0.25, -0.2) is 10.9 Å². The molecule has 2 aliphatic carbocycles. The molecule has 6 nitrogen and oxygen atoms in total. The fourth-order valence-electron chi connectivity index (χ4n) is 2.49. The molecule has 0 aromatic heterocycles. The second kappa shape index (κ2) is 9.59. The summed E-state index contributed by atoms with van der Waals surface area (Å²) in [5.41, 5.74) is 6.10. The molecule has 0 saturated carbocycles. The van der Waals surface area contributed by atoms with Crippen LogP contribution in [-0.2, 0) is 9.59 Å². The van der Waals surface area contributed by atoms with Gasteiger partial charge in [-0.1, -0.05) is 23.2 Å². The molecule has 0 aromatic rings. The lowest BCUT2D eigenvalue weighted by atomic mass is 10.0. The summed E-state index contributed by atoms with van der Waals surface area (Å²) in [5.74, 6) is -1.78. The van der Waals surface area contributed by atoms with Crippen molar-refractivity contribution in [1.82, 2.24) is 10.9 Å². The Hall–Kier alpha value is -1.66. The van der Waals surface area contributed by atoms with Gasteiger partial charge in [0, 0.05) is 10.1 Å². The van der Waals surface area contributed by atoms with E-state index in [0.29, 0.717) is 0 Å². The van der Waals surface area contributed by atoms with E-state index in [2.05, 4.69) is 21.1 Å². The second-order valence-electron chi connectivity index (χ2n) is 5.67. The van der Waals surface area contributed by atoms with Crippen molar-refractivity contribution in [3.05, 3.63) is 21.2 Å². The number of hydrogen-bond acceptors (Lipinski definition) is 4. The number of nitrogens with one attached hydrogen (secondary N) is 2. The predicted molar refractivity (Wildman–Crippen MR) is 96.0 cm³/mol. The van der Waals surface area contributed by atoms with Crippen molar-refractivity contribution >= 4 is 47.4 Å². The third-order valence-corrected chi connectivity index (χ3v) is 4.72. The van der Waals surface area contributed by atoms with Gasteiger partial charge in [0.05, 0.1) is 12.4 Å². The Morgan fingerprint density at radius 3 is 1.50 bits per heavy atom. The summed E-state index contributed by atoms with van der Waals surface area (Å²) < 4.78 is 0. The summed E-state index contributed by atoms with van der Waals surface area (Å²) in [6, 6.07) is 0. The van der Waals surface area contributed by atoms with Crippen molar-refractivity contribution in [3.63, 3.8) is 0 Å². The maximum atomic E-state index is 11.6. The van der Waals surface area contributed by atoms with Crippen molar-refractivity contribution in [1.29, 1.82) is 0 Å². The minimum Gasteiger partial charge on any atom is -0.262 e. The summed E-state index contributed by atoms with van der Waals surface area (Å²) in [4.78, 5) is 23.2. The zero-order chi connectivity index (χ0) is 17.4. The van der Waals surface area contributed by atoms with Crippen molar-refractivity contribution in [2.45, 2.75) is 51.4 Å². The Bertz CT molecular complexity index is 570. The Balaban J connectivity index is 1.79. The average Bonchev–Trinajstić information content (AvgIpc) is 2.58. The Morgan fingerprint density at radius 1 is 0.750 bits per heavy atom. The molecular formula is C16H20Cl2N4O2. The molecule has 2 amide bonds. The molecule has 8 heteroatoms. The van der Waals surface area contributed by atoms with Crippen molar-refractivity contribution < 1.29 is 9.59 Å². The Labute approximate surface area is 151 Å². The largest absolute Gasteiger partial charge is 0.331 e. The highest BCUT2D eigenvalue weighted by atomic mass is 35.5. The van der Waals surface area contributed by atoms with Gasteiger partial charge >= 0.3 is 11.8 Å². The topological polar surface area (TPSA) is 82.9 Å². The standard InChI is InChI=1S/C16H20Cl2N4O2/c17-13-7-3-1-5-11(13)9-19-21-15(23)16(24)22-20-10-12-6-2-4-8-14(12)18/h9-10H,1-8H2,(H,21,23)(H,22,24)/b19-9+,20-10+. The van der Waals surface area contributed by atoms with Crippen molar-refractivity contribution in [2.75, 3.05) is 0 Å². The Morgan fingerprint density at radius 2 is 1.12 bits per heavy atom. The number of nitrogens with zero attached hydrogens (tertiary/aromatic N) is 2. The van der Waals surface area contributed by atoms with Gasteiger partial charge in [-0.15, -0.1) is 0 Å². The van der Waals surface area contributed by atoms with Gasteiger partial charge in [0.15, 0.2) is 0 Å². The van der Waals surface area contributed by atoms with Gasteiger partial charge in [-0.2, -0.15) is 10.2 Å². The van der Waals surface area contributed by atoms with E-state index in [1.54, 1.807) is 0 Å². The molecule has 0 atom stereocenters.